The Hall–Kier alpha value is -2.35. The van der Waals surface area contributed by atoms with E-state index in [0.717, 1.165) is 0 Å². The van der Waals surface area contributed by atoms with Crippen LogP contribution in [0.2, 0.25) is 0 Å². The van der Waals surface area contributed by atoms with Crippen LogP contribution in [0, 0.1) is 5.41 Å². The molecule has 1 aliphatic carbocycles. The summed E-state index contributed by atoms with van der Waals surface area (Å²) in [4.78, 5) is 10.4. The third-order valence-electron chi connectivity index (χ3n) is 1.45. The van der Waals surface area contributed by atoms with E-state index in [1.54, 1.807) is 24.3 Å². The summed E-state index contributed by atoms with van der Waals surface area (Å²) >= 11 is 0. The normalized spacial score (nSPS) is 12.5. The van der Waals surface area contributed by atoms with Gasteiger partial charge in [-0.1, -0.05) is 0 Å². The predicted molar refractivity (Wildman–Crippen MR) is 68.2 cm³/mol. The van der Waals surface area contributed by atoms with Gasteiger partial charge in [-0.05, 0) is 24.3 Å². The lowest BCUT2D eigenvalue weighted by atomic mass is 10.1. The summed E-state index contributed by atoms with van der Waals surface area (Å²) < 4.78 is 0. The zero-order chi connectivity index (χ0) is 12.0. The molecule has 1 rings (SSSR count). The second kappa shape index (κ2) is 7.01. The summed E-state index contributed by atoms with van der Waals surface area (Å²) in [6, 6.07) is -0.730. The van der Waals surface area contributed by atoms with Gasteiger partial charge in [0.1, 0.15) is 0 Å². The number of nitrogens with one attached hydrogen (secondary N) is 3. The maximum absolute atomic E-state index is 10.4. The van der Waals surface area contributed by atoms with Gasteiger partial charge >= 0.3 is 6.03 Å². The molecule has 0 aromatic rings. The second-order valence-electron chi connectivity index (χ2n) is 2.74. The Morgan fingerprint density at radius 2 is 1.47 bits per heavy atom. The summed E-state index contributed by atoms with van der Waals surface area (Å²) in [5.74, 6) is -0.246. The van der Waals surface area contributed by atoms with Crippen molar-refractivity contribution >= 4 is 35.8 Å². The third-order valence-corrected chi connectivity index (χ3v) is 1.45. The molecule has 0 saturated heterocycles. The molecule has 0 aliphatic heterocycles. The lowest BCUT2D eigenvalue weighted by Crippen LogP contribution is -2.27. The van der Waals surface area contributed by atoms with Crippen LogP contribution < -0.4 is 22.3 Å². The van der Waals surface area contributed by atoms with E-state index in [2.05, 4.69) is 21.1 Å². The number of nitrogens with two attached hydrogens (primary N) is 2. The van der Waals surface area contributed by atoms with Crippen molar-refractivity contribution < 1.29 is 4.79 Å². The monoisotopic (exact) mass is 257 g/mol. The highest BCUT2D eigenvalue weighted by Gasteiger charge is 1.99. The molecule has 2 amide bonds. The van der Waals surface area contributed by atoms with Crippen molar-refractivity contribution in [3.05, 3.63) is 24.3 Å². The Morgan fingerprint density at radius 1 is 1.06 bits per heavy atom. The van der Waals surface area contributed by atoms with Gasteiger partial charge in [-0.2, -0.15) is 10.2 Å². The van der Waals surface area contributed by atoms with Gasteiger partial charge in [-0.3, -0.25) is 5.41 Å². The first-order valence-corrected chi connectivity index (χ1v) is 4.25. The molecule has 9 heteroatoms. The van der Waals surface area contributed by atoms with Crippen molar-refractivity contribution in [1.82, 2.24) is 10.9 Å². The molecule has 0 spiro atoms. The van der Waals surface area contributed by atoms with Crippen molar-refractivity contribution in [3.8, 4) is 0 Å². The molecular weight excluding hydrogens is 246 g/mol. The number of hydrazone groups is 2. The summed E-state index contributed by atoms with van der Waals surface area (Å²) in [5.41, 5.74) is 15.4. The molecule has 0 atom stereocenters. The number of hydrogen-bond donors (Lipinski definition) is 5. The SMILES string of the molecule is Cl.N=C(N)NN=C1C=CC(=NNC(N)=O)C=C1. The van der Waals surface area contributed by atoms with Crippen LogP contribution in [0.5, 0.6) is 0 Å². The predicted octanol–water partition coefficient (Wildman–Crippen LogP) is -0.602. The molecule has 8 nitrogen and oxygen atoms in total. The van der Waals surface area contributed by atoms with Crippen molar-refractivity contribution in [2.75, 3.05) is 0 Å². The smallest absolute Gasteiger partial charge is 0.332 e. The fourth-order valence-electron chi connectivity index (χ4n) is 0.846. The first-order chi connectivity index (χ1) is 7.58. The minimum atomic E-state index is -0.730. The number of rotatable bonds is 2. The van der Waals surface area contributed by atoms with E-state index in [4.69, 9.17) is 16.9 Å². The van der Waals surface area contributed by atoms with Crippen LogP contribution in [0.15, 0.2) is 34.5 Å². The van der Waals surface area contributed by atoms with E-state index >= 15 is 0 Å². The molecule has 0 unspecified atom stereocenters. The van der Waals surface area contributed by atoms with E-state index in [1.807, 2.05) is 0 Å². The number of halogens is 1. The van der Waals surface area contributed by atoms with Crippen LogP contribution in [0.4, 0.5) is 4.79 Å². The van der Waals surface area contributed by atoms with Crippen LogP contribution in [0.25, 0.3) is 0 Å². The fourth-order valence-corrected chi connectivity index (χ4v) is 0.846. The fraction of sp³-hybridized carbons (Fsp3) is 0. The average Bonchev–Trinajstić information content (AvgIpc) is 2.25. The maximum atomic E-state index is 10.4. The van der Waals surface area contributed by atoms with Gasteiger partial charge in [0, 0.05) is 0 Å². The second-order valence-corrected chi connectivity index (χ2v) is 2.74. The molecule has 0 radical (unpaired) electrons. The molecule has 7 N–H and O–H groups in total. The van der Waals surface area contributed by atoms with Gasteiger partial charge < -0.3 is 11.5 Å². The van der Waals surface area contributed by atoms with Gasteiger partial charge in [0.05, 0.1) is 11.4 Å². The lowest BCUT2D eigenvalue weighted by Gasteiger charge is -2.02. The number of allylic oxidation sites excluding steroid dienone is 4. The molecule has 0 heterocycles. The molecule has 0 fully saturated rings. The summed E-state index contributed by atoms with van der Waals surface area (Å²) in [5, 5.41) is 14.4. The van der Waals surface area contributed by atoms with Crippen LogP contribution in [0.3, 0.4) is 0 Å². The number of amides is 2. The number of urea groups is 1. The Labute approximate surface area is 103 Å². The minimum Gasteiger partial charge on any atom is -0.369 e. The first-order valence-electron chi connectivity index (χ1n) is 4.25. The third kappa shape index (κ3) is 5.95. The number of nitrogens with zero attached hydrogens (tertiary/aromatic N) is 2. The van der Waals surface area contributed by atoms with Gasteiger partial charge in [0.25, 0.3) is 0 Å². The quantitative estimate of drug-likeness (QED) is 0.195. The number of primary amides is 1. The number of guanidine groups is 1. The molecule has 92 valence electrons. The molecular formula is C8H12ClN7O. The van der Waals surface area contributed by atoms with Crippen LogP contribution in [0.1, 0.15) is 0 Å². The highest BCUT2D eigenvalue weighted by molar-refractivity contribution is 6.18. The van der Waals surface area contributed by atoms with Gasteiger partial charge in [0.2, 0.25) is 5.96 Å². The molecule has 0 saturated carbocycles. The molecule has 1 aliphatic rings. The van der Waals surface area contributed by atoms with Crippen molar-refractivity contribution in [2.45, 2.75) is 0 Å². The summed E-state index contributed by atoms with van der Waals surface area (Å²) in [7, 11) is 0. The van der Waals surface area contributed by atoms with Gasteiger partial charge in [-0.25, -0.2) is 15.6 Å². The Balaban J connectivity index is 0.00000256. The van der Waals surface area contributed by atoms with Crippen LogP contribution in [-0.2, 0) is 0 Å². The van der Waals surface area contributed by atoms with E-state index in [9.17, 15) is 4.79 Å². The van der Waals surface area contributed by atoms with Crippen LogP contribution >= 0.6 is 12.4 Å². The minimum absolute atomic E-state index is 0. The number of hydrogen-bond acceptors (Lipinski definition) is 4. The van der Waals surface area contributed by atoms with E-state index in [0.29, 0.717) is 11.4 Å². The largest absolute Gasteiger partial charge is 0.369 e. The number of carbonyl (C=O) groups is 1. The van der Waals surface area contributed by atoms with E-state index < -0.39 is 6.03 Å². The highest BCUT2D eigenvalue weighted by Crippen LogP contribution is 1.96. The number of carbonyl (C=O) groups excluding carboxylic acids is 1. The van der Waals surface area contributed by atoms with Crippen LogP contribution in [-0.4, -0.2) is 23.4 Å². The van der Waals surface area contributed by atoms with E-state index in [1.165, 1.54) is 0 Å². The van der Waals surface area contributed by atoms with Crippen molar-refractivity contribution in [1.29, 1.82) is 5.41 Å². The van der Waals surface area contributed by atoms with Gasteiger partial charge in [-0.15, -0.1) is 12.4 Å². The summed E-state index contributed by atoms with van der Waals surface area (Å²) in [6.07, 6.45) is 6.52. The molecule has 0 bridgehead atoms. The zero-order valence-corrected chi connectivity index (χ0v) is 9.49. The topological polar surface area (TPSA) is 142 Å². The average molecular weight is 258 g/mol. The molecule has 17 heavy (non-hydrogen) atoms. The van der Waals surface area contributed by atoms with Gasteiger partial charge in [0.15, 0.2) is 0 Å². The summed E-state index contributed by atoms with van der Waals surface area (Å²) in [6.45, 7) is 0. The first kappa shape index (κ1) is 14.6. The maximum Gasteiger partial charge on any atom is 0.332 e. The Morgan fingerprint density at radius 3 is 1.82 bits per heavy atom. The van der Waals surface area contributed by atoms with E-state index in [-0.39, 0.29) is 18.4 Å². The Bertz CT molecular complexity index is 368. The standard InChI is InChI=1S/C8H11N7O.ClH/c9-7(10)14-12-5-1-3-6(4-2-5)13-15-8(11)16;/h1-4H,(H4,9,10,14)(H3,11,15,16);1H. The zero-order valence-electron chi connectivity index (χ0n) is 8.68. The van der Waals surface area contributed by atoms with Crippen molar-refractivity contribution in [3.63, 3.8) is 0 Å². The highest BCUT2D eigenvalue weighted by atomic mass is 35.5. The lowest BCUT2D eigenvalue weighted by molar-refractivity contribution is 0.249. The molecule has 0 aromatic heterocycles. The molecule has 0 aromatic carbocycles. The Kier molecular flexibility index (Phi) is 6.04. The van der Waals surface area contributed by atoms with Crippen molar-refractivity contribution in [2.24, 2.45) is 21.7 Å².